The standard InChI is InChI=1S/C25H26ClN3O5S.ClH/c1-27(2)15-25(30)29(22-14-23(33-4)19(26)13-24(22)34-5)35(31,32)16-10-11-21-18(12-16)17-8-6-7-9-20(17)28(21)3;/h6-14H,15H2,1-5H3;1H. The Hall–Kier alpha value is -2.98. The predicted octanol–water partition coefficient (Wildman–Crippen LogP) is 4.71. The van der Waals surface area contributed by atoms with E-state index in [1.807, 2.05) is 35.9 Å². The first-order chi connectivity index (χ1) is 16.6. The number of anilines is 1. The summed E-state index contributed by atoms with van der Waals surface area (Å²) in [6.45, 7) is -0.149. The smallest absolute Gasteiger partial charge is 0.271 e. The van der Waals surface area contributed by atoms with E-state index in [0.717, 1.165) is 26.1 Å². The highest BCUT2D eigenvalue weighted by Gasteiger charge is 2.34. The molecule has 8 nitrogen and oxygen atoms in total. The molecule has 0 radical (unpaired) electrons. The van der Waals surface area contributed by atoms with Crippen molar-refractivity contribution in [1.82, 2.24) is 9.47 Å². The minimum Gasteiger partial charge on any atom is -0.495 e. The van der Waals surface area contributed by atoms with Crippen molar-refractivity contribution in [1.29, 1.82) is 0 Å². The van der Waals surface area contributed by atoms with Crippen molar-refractivity contribution < 1.29 is 22.7 Å². The van der Waals surface area contributed by atoms with Gasteiger partial charge in [-0.25, -0.2) is 8.42 Å². The lowest BCUT2D eigenvalue weighted by Gasteiger charge is -2.26. The van der Waals surface area contributed by atoms with Crippen LogP contribution in [0.5, 0.6) is 11.5 Å². The lowest BCUT2D eigenvalue weighted by molar-refractivity contribution is -0.118. The molecule has 4 aromatic rings. The van der Waals surface area contributed by atoms with Gasteiger partial charge in [0.15, 0.2) is 0 Å². The number of nitrogens with zero attached hydrogens (tertiary/aromatic N) is 3. The fourth-order valence-electron chi connectivity index (χ4n) is 4.15. The summed E-state index contributed by atoms with van der Waals surface area (Å²) in [5, 5.41) is 1.91. The van der Waals surface area contributed by atoms with Gasteiger partial charge in [-0.1, -0.05) is 29.8 Å². The van der Waals surface area contributed by atoms with E-state index in [1.54, 1.807) is 31.1 Å². The van der Waals surface area contributed by atoms with E-state index in [9.17, 15) is 13.2 Å². The maximum atomic E-state index is 14.0. The van der Waals surface area contributed by atoms with Crippen molar-refractivity contribution in [2.75, 3.05) is 39.2 Å². The Labute approximate surface area is 221 Å². The van der Waals surface area contributed by atoms with Crippen molar-refractivity contribution in [3.63, 3.8) is 0 Å². The molecule has 3 aromatic carbocycles. The fraction of sp³-hybridized carbons (Fsp3) is 0.240. The van der Waals surface area contributed by atoms with Crippen molar-refractivity contribution in [3.8, 4) is 11.5 Å². The number of amides is 1. The number of halogens is 2. The molecule has 0 saturated carbocycles. The van der Waals surface area contributed by atoms with Crippen LogP contribution in [0.15, 0.2) is 59.5 Å². The van der Waals surface area contributed by atoms with E-state index in [0.29, 0.717) is 0 Å². The van der Waals surface area contributed by atoms with Gasteiger partial charge in [0.05, 0.1) is 30.7 Å². The Morgan fingerprint density at radius 3 is 2.22 bits per heavy atom. The maximum Gasteiger partial charge on any atom is 0.271 e. The van der Waals surface area contributed by atoms with Gasteiger partial charge in [-0.05, 0) is 38.4 Å². The van der Waals surface area contributed by atoms with Crippen molar-refractivity contribution in [2.24, 2.45) is 7.05 Å². The second-order valence-electron chi connectivity index (χ2n) is 8.31. The van der Waals surface area contributed by atoms with Crippen LogP contribution in [0.25, 0.3) is 21.8 Å². The molecule has 0 bridgehead atoms. The Balaban J connectivity index is 0.00000361. The quantitative estimate of drug-likeness (QED) is 0.331. The Morgan fingerprint density at radius 1 is 0.944 bits per heavy atom. The minimum absolute atomic E-state index is 0. The van der Waals surface area contributed by atoms with Crippen LogP contribution >= 0.6 is 24.0 Å². The highest BCUT2D eigenvalue weighted by molar-refractivity contribution is 7.93. The third-order valence-corrected chi connectivity index (χ3v) is 7.80. The van der Waals surface area contributed by atoms with Crippen LogP contribution in [-0.2, 0) is 21.9 Å². The van der Waals surface area contributed by atoms with Gasteiger partial charge in [-0.3, -0.25) is 4.79 Å². The van der Waals surface area contributed by atoms with E-state index in [-0.39, 0.29) is 46.1 Å². The van der Waals surface area contributed by atoms with Crippen molar-refractivity contribution in [3.05, 3.63) is 59.6 Å². The monoisotopic (exact) mass is 551 g/mol. The third kappa shape index (κ3) is 4.71. The number of carbonyl (C=O) groups excluding carboxylic acids is 1. The molecular formula is C25H27Cl2N3O5S. The van der Waals surface area contributed by atoms with E-state index in [2.05, 4.69) is 0 Å². The summed E-state index contributed by atoms with van der Waals surface area (Å²) in [4.78, 5) is 15.0. The zero-order valence-corrected chi connectivity index (χ0v) is 22.9. The third-order valence-electron chi connectivity index (χ3n) is 5.77. The molecule has 1 amide bonds. The molecule has 0 N–H and O–H groups in total. The minimum atomic E-state index is -4.35. The second kappa shape index (κ2) is 10.6. The van der Waals surface area contributed by atoms with Crippen LogP contribution in [0.3, 0.4) is 0 Å². The molecule has 0 atom stereocenters. The van der Waals surface area contributed by atoms with Gasteiger partial charge in [0.2, 0.25) is 0 Å². The van der Waals surface area contributed by atoms with Gasteiger partial charge in [0, 0.05) is 41.0 Å². The second-order valence-corrected chi connectivity index (χ2v) is 10.5. The van der Waals surface area contributed by atoms with Gasteiger partial charge < -0.3 is 18.9 Å². The van der Waals surface area contributed by atoms with E-state index >= 15 is 0 Å². The van der Waals surface area contributed by atoms with Gasteiger partial charge in [-0.15, -0.1) is 12.4 Å². The largest absolute Gasteiger partial charge is 0.495 e. The summed E-state index contributed by atoms with van der Waals surface area (Å²) >= 11 is 6.23. The number of benzene rings is 3. The SMILES string of the molecule is COc1cc(N(C(=O)CN(C)C)S(=O)(=O)c2ccc3c(c2)c2ccccc2n3C)c(OC)cc1Cl.Cl. The van der Waals surface area contributed by atoms with Gasteiger partial charge in [-0.2, -0.15) is 4.31 Å². The first-order valence-electron chi connectivity index (χ1n) is 10.7. The topological polar surface area (TPSA) is 81.1 Å². The molecule has 0 aliphatic carbocycles. The van der Waals surface area contributed by atoms with Gasteiger partial charge >= 0.3 is 0 Å². The molecule has 0 unspecified atom stereocenters. The lowest BCUT2D eigenvalue weighted by Crippen LogP contribution is -2.42. The highest BCUT2D eigenvalue weighted by Crippen LogP contribution is 2.41. The number of hydrogen-bond acceptors (Lipinski definition) is 6. The molecule has 1 heterocycles. The number of ether oxygens (including phenoxy) is 2. The Morgan fingerprint density at radius 2 is 1.58 bits per heavy atom. The molecule has 0 aliphatic rings. The molecule has 0 aliphatic heterocycles. The normalized spacial score (nSPS) is 11.5. The summed E-state index contributed by atoms with van der Waals surface area (Å²) in [5.41, 5.74) is 1.86. The molecule has 1 aromatic heterocycles. The highest BCUT2D eigenvalue weighted by atomic mass is 35.5. The predicted molar refractivity (Wildman–Crippen MR) is 145 cm³/mol. The number of sulfonamides is 1. The number of aryl methyl sites for hydroxylation is 1. The molecule has 4 rings (SSSR count). The van der Waals surface area contributed by atoms with Crippen molar-refractivity contribution in [2.45, 2.75) is 4.90 Å². The van der Waals surface area contributed by atoms with Crippen LogP contribution in [0, 0.1) is 0 Å². The zero-order valence-electron chi connectivity index (χ0n) is 20.5. The molecule has 36 heavy (non-hydrogen) atoms. The number of likely N-dealkylation sites (N-methyl/N-ethyl adjacent to an activating group) is 1. The molecule has 0 fully saturated rings. The van der Waals surface area contributed by atoms with Crippen LogP contribution in [0.4, 0.5) is 5.69 Å². The summed E-state index contributed by atoms with van der Waals surface area (Å²) in [7, 11) is 3.74. The summed E-state index contributed by atoms with van der Waals surface area (Å²) in [5.74, 6) is -0.321. The molecular weight excluding hydrogens is 525 g/mol. The molecule has 0 saturated heterocycles. The van der Waals surface area contributed by atoms with E-state index < -0.39 is 15.9 Å². The summed E-state index contributed by atoms with van der Waals surface area (Å²) in [6, 6.07) is 15.4. The van der Waals surface area contributed by atoms with Crippen molar-refractivity contribution >= 4 is 67.4 Å². The van der Waals surface area contributed by atoms with E-state index in [1.165, 1.54) is 32.4 Å². The van der Waals surface area contributed by atoms with Crippen LogP contribution in [-0.4, -0.2) is 58.7 Å². The average Bonchev–Trinajstić information content (AvgIpc) is 3.11. The number of carbonyl (C=O) groups is 1. The lowest BCUT2D eigenvalue weighted by atomic mass is 10.1. The number of para-hydroxylation sites is 1. The Kier molecular flexibility index (Phi) is 8.10. The fourth-order valence-corrected chi connectivity index (χ4v) is 5.82. The Bertz CT molecular complexity index is 1550. The molecule has 192 valence electrons. The zero-order chi connectivity index (χ0) is 25.5. The van der Waals surface area contributed by atoms with Gasteiger partial charge in [0.25, 0.3) is 15.9 Å². The summed E-state index contributed by atoms with van der Waals surface area (Å²) in [6.07, 6.45) is 0. The average molecular weight is 552 g/mol. The van der Waals surface area contributed by atoms with Crippen LogP contribution in [0.2, 0.25) is 5.02 Å². The number of hydrogen-bond donors (Lipinski definition) is 0. The first kappa shape index (κ1) is 27.6. The first-order valence-corrected chi connectivity index (χ1v) is 12.5. The van der Waals surface area contributed by atoms with Gasteiger partial charge in [0.1, 0.15) is 17.2 Å². The van der Waals surface area contributed by atoms with E-state index in [4.69, 9.17) is 21.1 Å². The summed E-state index contributed by atoms with van der Waals surface area (Å²) < 4.78 is 41.6. The number of rotatable bonds is 7. The number of methoxy groups -OCH3 is 2. The molecule has 0 spiro atoms. The van der Waals surface area contributed by atoms with Crippen LogP contribution < -0.4 is 13.8 Å². The van der Waals surface area contributed by atoms with Crippen LogP contribution in [0.1, 0.15) is 0 Å². The molecule has 11 heteroatoms. The maximum absolute atomic E-state index is 14.0. The number of fused-ring (bicyclic) bond motifs is 3. The number of aromatic nitrogens is 1.